The summed E-state index contributed by atoms with van der Waals surface area (Å²) in [5.41, 5.74) is 6.31. The van der Waals surface area contributed by atoms with Gasteiger partial charge in [0.2, 0.25) is 0 Å². The van der Waals surface area contributed by atoms with Crippen LogP contribution < -0.4 is 20.4 Å². The van der Waals surface area contributed by atoms with Gasteiger partial charge in [-0.15, -0.1) is 0 Å². The van der Waals surface area contributed by atoms with E-state index in [0.29, 0.717) is 13.1 Å². The average Bonchev–Trinajstić information content (AvgIpc) is 2.66. The van der Waals surface area contributed by atoms with Crippen molar-refractivity contribution in [1.29, 1.82) is 0 Å². The van der Waals surface area contributed by atoms with Crippen LogP contribution in [0.15, 0.2) is 48.5 Å². The Kier molecular flexibility index (Phi) is 6.85. The summed E-state index contributed by atoms with van der Waals surface area (Å²) in [5, 5.41) is 17.5. The first-order valence-corrected chi connectivity index (χ1v) is 9.02. The van der Waals surface area contributed by atoms with Crippen LogP contribution in [0.4, 0.5) is 0 Å². The van der Waals surface area contributed by atoms with Gasteiger partial charge in [0.1, 0.15) is 23.7 Å². The van der Waals surface area contributed by atoms with Crippen molar-refractivity contribution < 1.29 is 19.9 Å². The predicted octanol–water partition coefficient (Wildman–Crippen LogP) is 3.41. The van der Waals surface area contributed by atoms with Crippen molar-refractivity contribution in [2.75, 3.05) is 0 Å². The van der Waals surface area contributed by atoms with Crippen LogP contribution in [0.3, 0.4) is 0 Å². The van der Waals surface area contributed by atoms with E-state index in [-0.39, 0.29) is 12.2 Å². The minimum atomic E-state index is 0.147. The normalized spacial score (nSPS) is 19.9. The van der Waals surface area contributed by atoms with Crippen molar-refractivity contribution in [2.24, 2.45) is 0 Å². The molecule has 1 saturated carbocycles. The maximum atomic E-state index is 8.73. The molecule has 6 heteroatoms. The van der Waals surface area contributed by atoms with E-state index in [1.54, 1.807) is 0 Å². The van der Waals surface area contributed by atoms with E-state index in [1.807, 2.05) is 48.5 Å². The number of nitrogens with one attached hydrogen (secondary N) is 2. The molecular weight excluding hydrogens is 332 g/mol. The summed E-state index contributed by atoms with van der Waals surface area (Å²) >= 11 is 0. The molecule has 1 fully saturated rings. The van der Waals surface area contributed by atoms with Crippen molar-refractivity contribution >= 4 is 0 Å². The van der Waals surface area contributed by atoms with E-state index in [0.717, 1.165) is 48.3 Å². The molecule has 3 rings (SSSR count). The number of rotatable bonds is 8. The van der Waals surface area contributed by atoms with Crippen LogP contribution >= 0.6 is 0 Å². The second-order valence-corrected chi connectivity index (χ2v) is 6.60. The molecule has 0 saturated heterocycles. The fourth-order valence-corrected chi connectivity index (χ4v) is 3.26. The fourth-order valence-electron chi connectivity index (χ4n) is 3.26. The summed E-state index contributed by atoms with van der Waals surface area (Å²) in [4.78, 5) is 0. The zero-order valence-corrected chi connectivity index (χ0v) is 14.7. The van der Waals surface area contributed by atoms with Gasteiger partial charge < -0.3 is 19.9 Å². The van der Waals surface area contributed by atoms with Gasteiger partial charge in [0, 0.05) is 19.5 Å². The van der Waals surface area contributed by atoms with Crippen LogP contribution in [0.5, 0.6) is 11.5 Å². The minimum absolute atomic E-state index is 0.147. The zero-order chi connectivity index (χ0) is 18.2. The van der Waals surface area contributed by atoms with Crippen LogP contribution in [0.2, 0.25) is 0 Å². The van der Waals surface area contributed by atoms with Gasteiger partial charge in [-0.25, -0.2) is 11.0 Å². The van der Waals surface area contributed by atoms with E-state index in [9.17, 15) is 0 Å². The number of hydrogen-bond acceptors (Lipinski definition) is 6. The molecule has 1 aliphatic rings. The molecule has 4 N–H and O–H groups in total. The van der Waals surface area contributed by atoms with Gasteiger partial charge >= 0.3 is 0 Å². The maximum absolute atomic E-state index is 8.73. The van der Waals surface area contributed by atoms with Gasteiger partial charge in [-0.05, 0) is 54.7 Å². The Balaban J connectivity index is 1.51. The first-order chi connectivity index (χ1) is 12.8. The molecule has 0 bridgehead atoms. The lowest BCUT2D eigenvalue weighted by atomic mass is 9.94. The van der Waals surface area contributed by atoms with Crippen molar-refractivity contribution in [3.8, 4) is 11.5 Å². The van der Waals surface area contributed by atoms with E-state index >= 15 is 0 Å². The van der Waals surface area contributed by atoms with Crippen molar-refractivity contribution in [3.05, 3.63) is 59.7 Å². The standard InChI is InChI=1S/C20H26N2O4/c23-21-13-15-4-8-17(9-5-15)25-19-2-1-3-20(12-19)26-18-10-6-16(7-11-18)14-22-24/h4-11,19-24H,1-3,12-14H2. The van der Waals surface area contributed by atoms with Crippen molar-refractivity contribution in [1.82, 2.24) is 11.0 Å². The Labute approximate surface area is 153 Å². The molecule has 2 atom stereocenters. The average molecular weight is 358 g/mol. The van der Waals surface area contributed by atoms with Gasteiger partial charge in [0.15, 0.2) is 0 Å². The summed E-state index contributed by atoms with van der Waals surface area (Å²) in [6.45, 7) is 0.847. The Morgan fingerprint density at radius 2 is 1.15 bits per heavy atom. The van der Waals surface area contributed by atoms with Crippen LogP contribution in [0, 0.1) is 0 Å². The summed E-state index contributed by atoms with van der Waals surface area (Å²) < 4.78 is 12.2. The molecule has 0 heterocycles. The molecule has 0 aliphatic heterocycles. The van der Waals surface area contributed by atoms with E-state index in [4.69, 9.17) is 19.9 Å². The first-order valence-electron chi connectivity index (χ1n) is 9.02. The number of benzene rings is 2. The molecule has 140 valence electrons. The highest BCUT2D eigenvalue weighted by molar-refractivity contribution is 5.28. The molecule has 6 nitrogen and oxygen atoms in total. The molecule has 0 radical (unpaired) electrons. The lowest BCUT2D eigenvalue weighted by Crippen LogP contribution is -2.32. The van der Waals surface area contributed by atoms with Gasteiger partial charge in [0.05, 0.1) is 0 Å². The third kappa shape index (κ3) is 5.44. The van der Waals surface area contributed by atoms with E-state index in [1.165, 1.54) is 0 Å². The number of hydroxylamine groups is 2. The van der Waals surface area contributed by atoms with Gasteiger partial charge in [-0.2, -0.15) is 0 Å². The van der Waals surface area contributed by atoms with Gasteiger partial charge in [0.25, 0.3) is 0 Å². The molecule has 2 aromatic carbocycles. The zero-order valence-electron chi connectivity index (χ0n) is 14.7. The summed E-state index contributed by atoms with van der Waals surface area (Å²) in [5.74, 6) is 1.69. The molecule has 0 spiro atoms. The highest BCUT2D eigenvalue weighted by Gasteiger charge is 2.24. The SMILES string of the molecule is ONCc1ccc(OC2CCCC(Oc3ccc(CNO)cc3)C2)cc1. The second-order valence-electron chi connectivity index (χ2n) is 6.60. The highest BCUT2D eigenvalue weighted by atomic mass is 16.5. The molecule has 2 unspecified atom stereocenters. The van der Waals surface area contributed by atoms with Crippen LogP contribution in [0.1, 0.15) is 36.8 Å². The van der Waals surface area contributed by atoms with Crippen molar-refractivity contribution in [2.45, 2.75) is 51.0 Å². The quantitative estimate of drug-likeness (QED) is 0.541. The monoisotopic (exact) mass is 358 g/mol. The van der Waals surface area contributed by atoms with Crippen LogP contribution in [-0.2, 0) is 13.1 Å². The van der Waals surface area contributed by atoms with Gasteiger partial charge in [-0.1, -0.05) is 24.3 Å². The highest BCUT2D eigenvalue weighted by Crippen LogP contribution is 2.27. The fraction of sp³-hybridized carbons (Fsp3) is 0.400. The molecule has 0 aromatic heterocycles. The molecule has 26 heavy (non-hydrogen) atoms. The summed E-state index contributed by atoms with van der Waals surface area (Å²) in [7, 11) is 0. The third-order valence-corrected chi connectivity index (χ3v) is 4.60. The van der Waals surface area contributed by atoms with E-state index < -0.39 is 0 Å². The van der Waals surface area contributed by atoms with Crippen molar-refractivity contribution in [3.63, 3.8) is 0 Å². The Morgan fingerprint density at radius 3 is 1.54 bits per heavy atom. The molecule has 1 aliphatic carbocycles. The van der Waals surface area contributed by atoms with Crippen LogP contribution in [0.25, 0.3) is 0 Å². The lowest BCUT2D eigenvalue weighted by Gasteiger charge is -2.30. The second kappa shape index (κ2) is 9.54. The summed E-state index contributed by atoms with van der Waals surface area (Å²) in [6.07, 6.45) is 4.29. The molecule has 2 aromatic rings. The van der Waals surface area contributed by atoms with Gasteiger partial charge in [-0.3, -0.25) is 0 Å². The molecule has 0 amide bonds. The Morgan fingerprint density at radius 1 is 0.731 bits per heavy atom. The molecular formula is C20H26N2O4. The van der Waals surface area contributed by atoms with Crippen LogP contribution in [-0.4, -0.2) is 22.6 Å². The summed E-state index contributed by atoms with van der Waals surface area (Å²) in [6, 6.07) is 15.5. The number of hydrogen-bond donors (Lipinski definition) is 4. The minimum Gasteiger partial charge on any atom is -0.490 e. The Hall–Kier alpha value is -2.12. The maximum Gasteiger partial charge on any atom is 0.119 e. The lowest BCUT2D eigenvalue weighted by molar-refractivity contribution is 0.0680. The predicted molar refractivity (Wildman–Crippen MR) is 97.4 cm³/mol. The first kappa shape index (κ1) is 18.7. The topological polar surface area (TPSA) is 83.0 Å². The third-order valence-electron chi connectivity index (χ3n) is 4.60. The largest absolute Gasteiger partial charge is 0.490 e. The Bertz CT molecular complexity index is 603. The number of ether oxygens (including phenoxy) is 2. The van der Waals surface area contributed by atoms with E-state index in [2.05, 4.69) is 11.0 Å². The smallest absolute Gasteiger partial charge is 0.119 e.